The summed E-state index contributed by atoms with van der Waals surface area (Å²) in [7, 11) is 0. The van der Waals surface area contributed by atoms with Gasteiger partial charge in [-0.05, 0) is 93.6 Å². The third kappa shape index (κ3) is 8.81. The van der Waals surface area contributed by atoms with Crippen LogP contribution in [-0.4, -0.2) is 84.9 Å². The van der Waals surface area contributed by atoms with E-state index in [4.69, 9.17) is 9.47 Å². The molecular formula is C37H45N7O7S2. The van der Waals surface area contributed by atoms with Gasteiger partial charge in [0.25, 0.3) is 5.56 Å². The number of carbonyl (C=O) groups excluding carboxylic acids is 4. The van der Waals surface area contributed by atoms with Gasteiger partial charge in [0.05, 0.1) is 24.4 Å². The molecule has 5 heterocycles. The van der Waals surface area contributed by atoms with Gasteiger partial charge in [0.15, 0.2) is 5.16 Å². The van der Waals surface area contributed by atoms with Gasteiger partial charge in [0, 0.05) is 36.2 Å². The Balaban J connectivity index is 1.37. The number of rotatable bonds is 7. The van der Waals surface area contributed by atoms with Crippen molar-refractivity contribution in [1.82, 2.24) is 35.3 Å². The Morgan fingerprint density at radius 2 is 1.94 bits per heavy atom. The van der Waals surface area contributed by atoms with Gasteiger partial charge in [-0.25, -0.2) is 24.2 Å². The maximum atomic E-state index is 14.5. The molecule has 1 unspecified atom stereocenters. The van der Waals surface area contributed by atoms with E-state index in [0.29, 0.717) is 40.4 Å². The van der Waals surface area contributed by atoms with E-state index >= 15 is 0 Å². The van der Waals surface area contributed by atoms with E-state index in [9.17, 15) is 24.0 Å². The van der Waals surface area contributed by atoms with Crippen molar-refractivity contribution < 1.29 is 28.7 Å². The van der Waals surface area contributed by atoms with Gasteiger partial charge < -0.3 is 25.0 Å². The summed E-state index contributed by atoms with van der Waals surface area (Å²) < 4.78 is 12.2. The molecular weight excluding hydrogens is 719 g/mol. The lowest BCUT2D eigenvalue weighted by Gasteiger charge is -2.30. The third-order valence-electron chi connectivity index (χ3n) is 9.45. The van der Waals surface area contributed by atoms with Crippen LogP contribution in [0.15, 0.2) is 68.5 Å². The van der Waals surface area contributed by atoms with E-state index in [0.717, 1.165) is 19.3 Å². The van der Waals surface area contributed by atoms with Crippen molar-refractivity contribution in [3.05, 3.63) is 64.0 Å². The number of aromatic nitrogens is 4. The molecule has 2 N–H and O–H groups in total. The maximum absolute atomic E-state index is 14.5. The van der Waals surface area contributed by atoms with Crippen LogP contribution in [0.3, 0.4) is 0 Å². The first-order chi connectivity index (χ1) is 25.4. The summed E-state index contributed by atoms with van der Waals surface area (Å²) in [6.07, 6.45) is 11.8. The lowest BCUT2D eigenvalue weighted by Crippen LogP contribution is -2.56. The van der Waals surface area contributed by atoms with Crippen LogP contribution < -0.4 is 16.2 Å². The topological polar surface area (TPSA) is 175 Å². The zero-order chi connectivity index (χ0) is 37.8. The second-order valence-corrected chi connectivity index (χ2v) is 16.2. The minimum atomic E-state index is -1.26. The van der Waals surface area contributed by atoms with Crippen LogP contribution in [0.4, 0.5) is 4.79 Å². The minimum Gasteiger partial charge on any atom is -0.464 e. The number of fused-ring (bicyclic) bond motifs is 2. The SMILES string of the molecule is CCOC(=O)[C@@]12CC1C=CCCCCC[C@H](NC(=O)OC(C)(C)C)C(=O)N1C[C@H](n3ncc(Sc4ncccn4)c(-c4ccsc4)c3=O)C[C@H]1C(=O)N2. The number of hydrogen-bond donors (Lipinski definition) is 2. The van der Waals surface area contributed by atoms with Crippen molar-refractivity contribution in [1.29, 1.82) is 0 Å². The van der Waals surface area contributed by atoms with Crippen molar-refractivity contribution in [2.24, 2.45) is 5.92 Å². The number of thiophene rings is 1. The quantitative estimate of drug-likeness (QED) is 0.190. The lowest BCUT2D eigenvalue weighted by molar-refractivity contribution is -0.150. The largest absolute Gasteiger partial charge is 0.464 e. The normalized spacial score (nSPS) is 24.9. The van der Waals surface area contributed by atoms with E-state index in [1.807, 2.05) is 29.0 Å². The highest BCUT2D eigenvalue weighted by atomic mass is 32.2. The molecule has 3 aliphatic rings. The third-order valence-corrected chi connectivity index (χ3v) is 11.1. The first-order valence-corrected chi connectivity index (χ1v) is 19.7. The van der Waals surface area contributed by atoms with E-state index in [1.165, 1.54) is 32.7 Å². The van der Waals surface area contributed by atoms with Crippen LogP contribution in [0.2, 0.25) is 0 Å². The highest BCUT2D eigenvalue weighted by molar-refractivity contribution is 7.99. The van der Waals surface area contributed by atoms with Crippen LogP contribution in [0.25, 0.3) is 11.1 Å². The fourth-order valence-electron chi connectivity index (χ4n) is 6.85. The molecule has 1 saturated heterocycles. The van der Waals surface area contributed by atoms with Crippen LogP contribution in [-0.2, 0) is 23.9 Å². The average Bonchev–Trinajstić information content (AvgIpc) is 3.40. The Bertz CT molecular complexity index is 1900. The number of ether oxygens (including phenoxy) is 2. The Kier molecular flexibility index (Phi) is 11.7. The Hall–Kier alpha value is -4.57. The van der Waals surface area contributed by atoms with Gasteiger partial charge in [-0.1, -0.05) is 25.0 Å². The van der Waals surface area contributed by atoms with Gasteiger partial charge >= 0.3 is 12.1 Å². The monoisotopic (exact) mass is 763 g/mol. The Morgan fingerprint density at radius 1 is 1.15 bits per heavy atom. The van der Waals surface area contributed by atoms with Crippen molar-refractivity contribution in [2.45, 2.75) is 112 Å². The molecule has 3 aromatic rings. The van der Waals surface area contributed by atoms with Crippen molar-refractivity contribution in [3.63, 3.8) is 0 Å². The Morgan fingerprint density at radius 3 is 2.66 bits per heavy atom. The molecule has 3 aromatic heterocycles. The number of carbonyl (C=O) groups is 4. The molecule has 2 aliphatic heterocycles. The van der Waals surface area contributed by atoms with Gasteiger partial charge in [0.1, 0.15) is 23.2 Å². The number of nitrogens with one attached hydrogen (secondary N) is 2. The van der Waals surface area contributed by atoms with Gasteiger partial charge in [0.2, 0.25) is 11.8 Å². The molecule has 16 heteroatoms. The predicted octanol–water partition coefficient (Wildman–Crippen LogP) is 4.91. The number of hydrogen-bond acceptors (Lipinski definition) is 12. The molecule has 5 atom stereocenters. The molecule has 1 aliphatic carbocycles. The van der Waals surface area contributed by atoms with E-state index < -0.39 is 58.7 Å². The van der Waals surface area contributed by atoms with Crippen LogP contribution in [0.1, 0.15) is 78.7 Å². The van der Waals surface area contributed by atoms with Crippen molar-refractivity contribution >= 4 is 47.0 Å². The zero-order valence-electron chi connectivity index (χ0n) is 30.3. The summed E-state index contributed by atoms with van der Waals surface area (Å²) in [5, 5.41) is 14.5. The number of allylic oxidation sites excluding steroid dienone is 1. The molecule has 0 bridgehead atoms. The minimum absolute atomic E-state index is 0.0383. The van der Waals surface area contributed by atoms with Crippen LogP contribution in [0, 0.1) is 5.92 Å². The lowest BCUT2D eigenvalue weighted by atomic mass is 10.0. The van der Waals surface area contributed by atoms with Crippen LogP contribution in [0.5, 0.6) is 0 Å². The van der Waals surface area contributed by atoms with E-state index in [2.05, 4.69) is 25.7 Å². The van der Waals surface area contributed by atoms with Crippen molar-refractivity contribution in [3.8, 4) is 11.1 Å². The second-order valence-electron chi connectivity index (χ2n) is 14.4. The maximum Gasteiger partial charge on any atom is 0.408 e. The zero-order valence-corrected chi connectivity index (χ0v) is 31.9. The molecule has 0 spiro atoms. The standard InChI is InChI=1S/C37H45N7O7S2/c1-5-50-33(48)37-19-24(37)12-9-7-6-8-10-13-26(41-35(49)51-36(2,3)4)31(46)43-21-25(18-27(43)30(45)42-37)44-32(47)29(23-14-17-52-22-23)28(20-40-44)53-34-38-15-11-16-39-34/h9,11-12,14-17,20,22,24-27H,5-8,10,13,18-19,21H2,1-4H3,(H,41,49)(H,42,45)/t24?,25-,26+,27+,37-/m1/s1. The first-order valence-electron chi connectivity index (χ1n) is 18.0. The average molecular weight is 764 g/mol. The molecule has 2 fully saturated rings. The van der Waals surface area contributed by atoms with Crippen molar-refractivity contribution in [2.75, 3.05) is 13.2 Å². The molecule has 0 aromatic carbocycles. The highest BCUT2D eigenvalue weighted by Crippen LogP contribution is 2.46. The van der Waals surface area contributed by atoms with Gasteiger partial charge in [-0.2, -0.15) is 16.4 Å². The number of esters is 1. The smallest absolute Gasteiger partial charge is 0.408 e. The second kappa shape index (κ2) is 16.2. The molecule has 3 amide bonds. The fraction of sp³-hybridized carbons (Fsp3) is 0.514. The summed E-state index contributed by atoms with van der Waals surface area (Å²) in [5.74, 6) is -1.81. The first kappa shape index (κ1) is 38.2. The summed E-state index contributed by atoms with van der Waals surface area (Å²) in [4.78, 5) is 80.2. The van der Waals surface area contributed by atoms with Gasteiger partial charge in [-0.3, -0.25) is 14.4 Å². The summed E-state index contributed by atoms with van der Waals surface area (Å²) >= 11 is 2.66. The molecule has 14 nitrogen and oxygen atoms in total. The highest BCUT2D eigenvalue weighted by Gasteiger charge is 2.62. The molecule has 53 heavy (non-hydrogen) atoms. The summed E-state index contributed by atoms with van der Waals surface area (Å²) in [6.45, 7) is 7.03. The Labute approximate surface area is 316 Å². The summed E-state index contributed by atoms with van der Waals surface area (Å²) in [6, 6.07) is 0.766. The fourth-order valence-corrected chi connectivity index (χ4v) is 8.33. The molecule has 282 valence electrons. The number of alkyl carbamates (subject to hydrolysis) is 1. The summed E-state index contributed by atoms with van der Waals surface area (Å²) in [5.41, 5.74) is -1.36. The number of amides is 3. The molecule has 6 rings (SSSR count). The van der Waals surface area contributed by atoms with E-state index in [-0.39, 0.29) is 25.5 Å². The van der Waals surface area contributed by atoms with Crippen LogP contribution >= 0.6 is 23.1 Å². The molecule has 0 radical (unpaired) electrons. The number of nitrogens with zero attached hydrogens (tertiary/aromatic N) is 5. The predicted molar refractivity (Wildman–Crippen MR) is 198 cm³/mol. The molecule has 1 saturated carbocycles. The van der Waals surface area contributed by atoms with Gasteiger partial charge in [-0.15, -0.1) is 0 Å². The van der Waals surface area contributed by atoms with E-state index in [1.54, 1.807) is 52.4 Å².